The summed E-state index contributed by atoms with van der Waals surface area (Å²) in [5.41, 5.74) is -1.77. The Hall–Kier alpha value is -2.62. The topological polar surface area (TPSA) is 189 Å². The first-order chi connectivity index (χ1) is 30.2. The predicted molar refractivity (Wildman–Crippen MR) is 241 cm³/mol. The molecule has 370 valence electrons. The van der Waals surface area contributed by atoms with Crippen molar-refractivity contribution in [2.45, 2.75) is 133 Å². The van der Waals surface area contributed by atoms with Gasteiger partial charge in [-0.2, -0.15) is 0 Å². The first-order valence-corrected chi connectivity index (χ1v) is 22.9. The van der Waals surface area contributed by atoms with E-state index >= 15 is 0 Å². The molecule has 0 aromatic rings. The van der Waals surface area contributed by atoms with Gasteiger partial charge < -0.3 is 61.6 Å². The normalized spacial score (nSPS) is 30.4. The summed E-state index contributed by atoms with van der Waals surface area (Å²) in [5.74, 6) is -0.976. The third-order valence-corrected chi connectivity index (χ3v) is 12.4. The maximum Gasteiger partial charge on any atom is 0.410 e. The molecule has 0 spiro atoms. The van der Waals surface area contributed by atoms with Crippen LogP contribution in [0.25, 0.3) is 0 Å². The zero-order chi connectivity index (χ0) is 49.1. The molecule has 0 radical (unpaired) electrons. The highest BCUT2D eigenvalue weighted by molar-refractivity contribution is 9.28. The number of methoxy groups -OCH3 is 6. The van der Waals surface area contributed by atoms with Crippen molar-refractivity contribution in [1.82, 2.24) is 14.7 Å². The van der Waals surface area contributed by atoms with Gasteiger partial charge in [0.05, 0.1) is 33.5 Å². The van der Waals surface area contributed by atoms with Gasteiger partial charge in [0, 0.05) is 68.2 Å². The average Bonchev–Trinajstić information content (AvgIpc) is 4.06. The van der Waals surface area contributed by atoms with Gasteiger partial charge in [-0.25, -0.2) is 14.4 Å². The van der Waals surface area contributed by atoms with Crippen LogP contribution >= 0.6 is 31.9 Å². The van der Waals surface area contributed by atoms with Crippen LogP contribution in [0.1, 0.15) is 62.3 Å². The summed E-state index contributed by atoms with van der Waals surface area (Å²) < 4.78 is 67.6. The van der Waals surface area contributed by atoms with Crippen LogP contribution < -0.4 is 0 Å². The van der Waals surface area contributed by atoms with Gasteiger partial charge in [-0.3, -0.25) is 14.7 Å². The Morgan fingerprint density at radius 3 is 1.18 bits per heavy atom. The number of amides is 3. The van der Waals surface area contributed by atoms with E-state index in [2.05, 4.69) is 37.8 Å². The number of fused-ring (bicyclic) bond motifs is 3. The maximum atomic E-state index is 12.6. The van der Waals surface area contributed by atoms with Gasteiger partial charge in [0.25, 0.3) is 0 Å². The molecule has 65 heavy (non-hydrogen) atoms. The molecule has 6 fully saturated rings. The lowest BCUT2D eigenvalue weighted by atomic mass is 9.99. The van der Waals surface area contributed by atoms with Crippen molar-refractivity contribution >= 4 is 56.4 Å². The smallest absolute Gasteiger partial charge is 0.410 e. The van der Waals surface area contributed by atoms with E-state index < -0.39 is 76.5 Å². The number of likely N-dealkylation sites (tertiary alicyclic amines) is 3. The fourth-order valence-corrected chi connectivity index (χ4v) is 9.64. The van der Waals surface area contributed by atoms with Crippen LogP contribution in [0.3, 0.4) is 0 Å². The number of carbonyl (C=O) groups is 4. The van der Waals surface area contributed by atoms with Crippen LogP contribution in [0.2, 0.25) is 0 Å². The quantitative estimate of drug-likeness (QED) is 0.132. The minimum Gasteiger partial charge on any atom is -0.444 e. The van der Waals surface area contributed by atoms with E-state index in [9.17, 15) is 19.2 Å². The van der Waals surface area contributed by atoms with Gasteiger partial charge in [0.2, 0.25) is 17.4 Å². The molecular formula is C44H69Br2N3O16. The lowest BCUT2D eigenvalue weighted by Crippen LogP contribution is -2.55. The number of rotatable bonds is 8. The Morgan fingerprint density at radius 1 is 0.569 bits per heavy atom. The van der Waals surface area contributed by atoms with Gasteiger partial charge in [0.1, 0.15) is 61.0 Å². The molecule has 0 aromatic heterocycles. The summed E-state index contributed by atoms with van der Waals surface area (Å²) in [6.45, 7) is 18.1. The summed E-state index contributed by atoms with van der Waals surface area (Å²) in [6, 6.07) is -1.28. The maximum absolute atomic E-state index is 12.6. The average molecular weight is 1060 g/mol. The molecule has 6 aliphatic rings. The molecule has 0 saturated carbocycles. The minimum atomic E-state index is -1.07. The molecule has 21 heteroatoms. The van der Waals surface area contributed by atoms with Crippen molar-refractivity contribution in [2.24, 2.45) is 17.8 Å². The first kappa shape index (κ1) is 55.0. The van der Waals surface area contributed by atoms with Crippen LogP contribution in [-0.2, 0) is 61.6 Å². The van der Waals surface area contributed by atoms with Crippen molar-refractivity contribution in [3.8, 4) is 12.3 Å². The van der Waals surface area contributed by atoms with Gasteiger partial charge in [-0.05, 0) is 94.2 Å². The van der Waals surface area contributed by atoms with Crippen molar-refractivity contribution < 1.29 is 76.0 Å². The molecule has 19 nitrogen and oxygen atoms in total. The van der Waals surface area contributed by atoms with E-state index in [1.54, 1.807) is 44.8 Å². The third-order valence-electron chi connectivity index (χ3n) is 11.9. The third kappa shape index (κ3) is 12.0. The van der Waals surface area contributed by atoms with Crippen molar-refractivity contribution in [3.05, 3.63) is 9.47 Å². The summed E-state index contributed by atoms with van der Waals surface area (Å²) >= 11 is 6.75. The molecule has 0 bridgehead atoms. The van der Waals surface area contributed by atoms with Gasteiger partial charge in [-0.1, -0.05) is 12.0 Å². The highest BCUT2D eigenvalue weighted by atomic mass is 79.9. The Kier molecular flexibility index (Phi) is 18.1. The molecule has 6 heterocycles. The first-order valence-electron chi connectivity index (χ1n) is 21.3. The highest BCUT2D eigenvalue weighted by Gasteiger charge is 2.64. The number of ether oxygens (including phenoxy) is 12. The second-order valence-electron chi connectivity index (χ2n) is 19.4. The van der Waals surface area contributed by atoms with Crippen LogP contribution in [0.4, 0.5) is 14.4 Å². The van der Waals surface area contributed by atoms with E-state index in [1.165, 1.54) is 33.3 Å². The second-order valence-corrected chi connectivity index (χ2v) is 22.2. The van der Waals surface area contributed by atoms with Gasteiger partial charge >= 0.3 is 18.3 Å². The van der Waals surface area contributed by atoms with Crippen LogP contribution in [0.5, 0.6) is 0 Å². The minimum absolute atomic E-state index is 0.00782. The molecule has 0 aromatic carbocycles. The van der Waals surface area contributed by atoms with Crippen LogP contribution in [0.15, 0.2) is 9.47 Å². The van der Waals surface area contributed by atoms with E-state index in [0.717, 1.165) is 9.68 Å². The number of terminal acetylenes is 1. The Bertz CT molecular complexity index is 1740. The SMILES string of the molecule is C#C[C@@H]1CN(C(=O)OC(C)(C)C)[C@H]2[C@@H]1OCC2(OC)OC.COC1(OC)CO[C@@H]2[C@H](C=C(Br)Br)CN(C(=O)OC(C)(C)C)[C@@H]21.COC1(OC)CO[C@@H]2[C@H](C=O)CN(C(=O)OC(C)(C)C)[C@@H]21. The molecule has 0 aliphatic carbocycles. The zero-order valence-corrected chi connectivity index (χ0v) is 43.5. The second kappa shape index (κ2) is 21.3. The number of hydrogen-bond donors (Lipinski definition) is 0. The number of carbonyl (C=O) groups excluding carboxylic acids is 4. The number of halogens is 2. The Morgan fingerprint density at radius 2 is 0.877 bits per heavy atom. The van der Waals surface area contributed by atoms with E-state index in [4.69, 9.17) is 63.3 Å². The fraction of sp³-hybridized carbons (Fsp3) is 0.818. The summed E-state index contributed by atoms with van der Waals surface area (Å²) in [7, 11) is 9.18. The van der Waals surface area contributed by atoms with Crippen LogP contribution in [0, 0.1) is 30.1 Å². The van der Waals surface area contributed by atoms with Crippen molar-refractivity contribution in [1.29, 1.82) is 0 Å². The molecule has 0 N–H and O–H groups in total. The number of aldehydes is 1. The standard InChI is InChI=1S/C15H23Br2NO5.C15H23NO5.C14H23NO6/c1-14(2,3)23-13(19)18-7-9(6-10(16)17)11-12(18)15(20-4,21-5)8-22-11;1-7-10-8-16(13(17)21-14(2,3)4)12-11(10)20-9-15(12,18-5)19-6;1-13(2,3)21-12(17)15-6-9(7-16)10-11(15)14(18-4,19-5)8-20-10/h6,9,11-12H,7-8H2,1-5H3;1,10-12H,8-9H2,2-6H3;7,9-11H,6,8H2,1-5H3/t9-,11-,12+;10-,11-,12+;9-,10+,11-/m110/s1. The van der Waals surface area contributed by atoms with E-state index in [1.807, 2.05) is 47.6 Å². The Balaban J connectivity index is 0.000000214. The molecule has 6 aliphatic heterocycles. The Labute approximate surface area is 400 Å². The summed E-state index contributed by atoms with van der Waals surface area (Å²) in [6.07, 6.45) is 6.07. The van der Waals surface area contributed by atoms with Crippen molar-refractivity contribution in [2.75, 3.05) is 82.1 Å². The monoisotopic (exact) mass is 1050 g/mol. The van der Waals surface area contributed by atoms with E-state index in [-0.39, 0.29) is 56.5 Å². The molecular weight excluding hydrogens is 986 g/mol. The van der Waals surface area contributed by atoms with E-state index in [0.29, 0.717) is 13.1 Å². The van der Waals surface area contributed by atoms with Crippen LogP contribution in [-0.4, -0.2) is 192 Å². The van der Waals surface area contributed by atoms with Crippen molar-refractivity contribution in [3.63, 3.8) is 0 Å². The molecule has 9 atom stereocenters. The molecule has 6 saturated heterocycles. The lowest BCUT2D eigenvalue weighted by molar-refractivity contribution is -0.225. The summed E-state index contributed by atoms with van der Waals surface area (Å²) in [4.78, 5) is 53.5. The largest absolute Gasteiger partial charge is 0.444 e. The zero-order valence-electron chi connectivity index (χ0n) is 40.3. The van der Waals surface area contributed by atoms with Gasteiger partial charge in [0.15, 0.2) is 0 Å². The number of hydrogen-bond acceptors (Lipinski definition) is 16. The molecule has 6 rings (SSSR count). The van der Waals surface area contributed by atoms with Gasteiger partial charge in [-0.15, -0.1) is 6.42 Å². The predicted octanol–water partition coefficient (Wildman–Crippen LogP) is 5.29. The molecule has 0 unspecified atom stereocenters. The highest BCUT2D eigenvalue weighted by Crippen LogP contribution is 2.45. The fourth-order valence-electron chi connectivity index (χ4n) is 8.96. The summed E-state index contributed by atoms with van der Waals surface area (Å²) in [5, 5.41) is 0. The number of nitrogens with zero attached hydrogens (tertiary/aromatic N) is 3. The molecule has 3 amide bonds. The lowest BCUT2D eigenvalue weighted by Gasteiger charge is -2.36.